The quantitative estimate of drug-likeness (QED) is 0.429. The van der Waals surface area contributed by atoms with Gasteiger partial charge in [0.25, 0.3) is 0 Å². The zero-order valence-corrected chi connectivity index (χ0v) is 13.8. The number of hydrogen-bond acceptors (Lipinski definition) is 3. The molecule has 124 valence electrons. The smallest absolute Gasteiger partial charge is 0.216 e. The molecule has 0 unspecified atom stereocenters. The molecule has 0 aromatic carbocycles. The third kappa shape index (κ3) is 18.9. The first-order valence-electron chi connectivity index (χ1n) is 8.32. The molecule has 0 rings (SSSR count). The van der Waals surface area contributed by atoms with Gasteiger partial charge in [-0.2, -0.15) is 0 Å². The molecule has 21 heavy (non-hydrogen) atoms. The maximum Gasteiger partial charge on any atom is 0.216 e. The number of amides is 2. The minimum absolute atomic E-state index is 0.0636. The van der Waals surface area contributed by atoms with Crippen molar-refractivity contribution >= 4 is 11.8 Å². The van der Waals surface area contributed by atoms with E-state index < -0.39 is 0 Å². The first-order chi connectivity index (χ1) is 10.1. The number of carbonyl (C=O) groups excluding carboxylic acids is 2. The number of unbranched alkanes of at least 4 members (excludes halogenated alkanes) is 6. The van der Waals surface area contributed by atoms with Crippen molar-refractivity contribution < 1.29 is 9.59 Å². The second-order valence-corrected chi connectivity index (χ2v) is 5.54. The molecule has 0 aliphatic carbocycles. The number of rotatable bonds is 14. The van der Waals surface area contributed by atoms with Crippen LogP contribution in [0.1, 0.15) is 65.2 Å². The predicted molar refractivity (Wildman–Crippen MR) is 87.2 cm³/mol. The maximum absolute atomic E-state index is 10.7. The van der Waals surface area contributed by atoms with Gasteiger partial charge in [-0.05, 0) is 38.8 Å². The normalized spacial score (nSPS) is 10.4. The highest BCUT2D eigenvalue weighted by molar-refractivity contribution is 5.72. The van der Waals surface area contributed by atoms with E-state index >= 15 is 0 Å². The Hall–Kier alpha value is -1.10. The lowest BCUT2D eigenvalue weighted by Crippen LogP contribution is -2.21. The van der Waals surface area contributed by atoms with E-state index in [1.807, 2.05) is 0 Å². The van der Waals surface area contributed by atoms with Crippen LogP contribution in [0.2, 0.25) is 0 Å². The molecular weight excluding hydrogens is 266 g/mol. The van der Waals surface area contributed by atoms with Gasteiger partial charge >= 0.3 is 0 Å². The first-order valence-corrected chi connectivity index (χ1v) is 8.32. The van der Waals surface area contributed by atoms with E-state index in [0.717, 1.165) is 39.0 Å². The fourth-order valence-corrected chi connectivity index (χ4v) is 2.11. The van der Waals surface area contributed by atoms with Crippen molar-refractivity contribution in [2.75, 3.05) is 26.2 Å². The van der Waals surface area contributed by atoms with E-state index in [1.54, 1.807) is 13.8 Å². The van der Waals surface area contributed by atoms with Gasteiger partial charge in [-0.1, -0.05) is 25.7 Å². The van der Waals surface area contributed by atoms with Gasteiger partial charge in [0.05, 0.1) is 0 Å². The summed E-state index contributed by atoms with van der Waals surface area (Å²) in [6.07, 6.45) is 9.40. The highest BCUT2D eigenvalue weighted by Crippen LogP contribution is 1.99. The first kappa shape index (κ1) is 19.9. The van der Waals surface area contributed by atoms with Gasteiger partial charge < -0.3 is 16.0 Å². The highest BCUT2D eigenvalue weighted by atomic mass is 16.1. The Labute approximate surface area is 129 Å². The van der Waals surface area contributed by atoms with Crippen LogP contribution in [0.5, 0.6) is 0 Å². The van der Waals surface area contributed by atoms with Crippen LogP contribution in [0, 0.1) is 0 Å². The summed E-state index contributed by atoms with van der Waals surface area (Å²) in [5.41, 5.74) is 0. The standard InChI is InChI=1S/C16H33N3O2/c1-15(20)18-13-9-5-3-7-11-17-12-8-4-6-10-14-19-16(2)21/h17H,3-14H2,1-2H3,(H,18,20)(H,19,21). The zero-order valence-electron chi connectivity index (χ0n) is 13.8. The van der Waals surface area contributed by atoms with Crippen molar-refractivity contribution in [3.05, 3.63) is 0 Å². The van der Waals surface area contributed by atoms with E-state index in [9.17, 15) is 9.59 Å². The predicted octanol–water partition coefficient (Wildman–Crippen LogP) is 1.97. The lowest BCUT2D eigenvalue weighted by Gasteiger charge is -2.06. The van der Waals surface area contributed by atoms with Crippen molar-refractivity contribution in [2.24, 2.45) is 0 Å². The summed E-state index contributed by atoms with van der Waals surface area (Å²) in [6, 6.07) is 0. The third-order valence-corrected chi connectivity index (χ3v) is 3.31. The lowest BCUT2D eigenvalue weighted by atomic mass is 10.2. The number of nitrogens with one attached hydrogen (secondary N) is 3. The molecule has 0 bridgehead atoms. The molecule has 5 heteroatoms. The van der Waals surface area contributed by atoms with E-state index in [2.05, 4.69) is 16.0 Å². The minimum Gasteiger partial charge on any atom is -0.356 e. The van der Waals surface area contributed by atoms with Crippen LogP contribution < -0.4 is 16.0 Å². The lowest BCUT2D eigenvalue weighted by molar-refractivity contribution is -0.119. The van der Waals surface area contributed by atoms with Crippen molar-refractivity contribution in [1.82, 2.24) is 16.0 Å². The number of carbonyl (C=O) groups is 2. The second kappa shape index (κ2) is 15.3. The Morgan fingerprint density at radius 2 is 0.905 bits per heavy atom. The van der Waals surface area contributed by atoms with E-state index in [1.165, 1.54) is 38.5 Å². The fraction of sp³-hybridized carbons (Fsp3) is 0.875. The van der Waals surface area contributed by atoms with Crippen LogP contribution in [0.4, 0.5) is 0 Å². The van der Waals surface area contributed by atoms with Gasteiger partial charge in [0, 0.05) is 26.9 Å². The minimum atomic E-state index is 0.0636. The summed E-state index contributed by atoms with van der Waals surface area (Å²) in [5.74, 6) is 0.127. The Kier molecular flexibility index (Phi) is 14.5. The van der Waals surface area contributed by atoms with Crippen molar-refractivity contribution in [2.45, 2.75) is 65.2 Å². The van der Waals surface area contributed by atoms with Crippen molar-refractivity contribution in [3.63, 3.8) is 0 Å². The van der Waals surface area contributed by atoms with Crippen LogP contribution in [-0.2, 0) is 9.59 Å². The molecule has 3 N–H and O–H groups in total. The summed E-state index contributed by atoms with van der Waals surface area (Å²) in [5, 5.41) is 9.09. The Balaban J connectivity index is 2.99. The highest BCUT2D eigenvalue weighted by Gasteiger charge is 1.94. The zero-order chi connectivity index (χ0) is 15.8. The largest absolute Gasteiger partial charge is 0.356 e. The topological polar surface area (TPSA) is 70.2 Å². The number of hydrogen-bond donors (Lipinski definition) is 3. The molecule has 0 saturated carbocycles. The van der Waals surface area contributed by atoms with Crippen molar-refractivity contribution in [3.8, 4) is 0 Å². The van der Waals surface area contributed by atoms with Crippen LogP contribution in [0.25, 0.3) is 0 Å². The van der Waals surface area contributed by atoms with Crippen LogP contribution >= 0.6 is 0 Å². The summed E-state index contributed by atoms with van der Waals surface area (Å²) in [4.78, 5) is 21.3. The van der Waals surface area contributed by atoms with Gasteiger partial charge in [-0.15, -0.1) is 0 Å². The fourth-order valence-electron chi connectivity index (χ4n) is 2.11. The summed E-state index contributed by atoms with van der Waals surface area (Å²) < 4.78 is 0. The summed E-state index contributed by atoms with van der Waals surface area (Å²) in [7, 11) is 0. The monoisotopic (exact) mass is 299 g/mol. The molecule has 0 spiro atoms. The molecule has 0 aromatic heterocycles. The molecule has 2 amide bonds. The second-order valence-electron chi connectivity index (χ2n) is 5.54. The molecule has 0 aliphatic rings. The Morgan fingerprint density at radius 3 is 1.24 bits per heavy atom. The molecule has 5 nitrogen and oxygen atoms in total. The summed E-state index contributed by atoms with van der Waals surface area (Å²) >= 11 is 0. The molecule has 0 radical (unpaired) electrons. The third-order valence-electron chi connectivity index (χ3n) is 3.31. The van der Waals surface area contributed by atoms with E-state index in [4.69, 9.17) is 0 Å². The Morgan fingerprint density at radius 1 is 0.571 bits per heavy atom. The Bertz CT molecular complexity index is 244. The van der Waals surface area contributed by atoms with Crippen LogP contribution in [0.3, 0.4) is 0 Å². The van der Waals surface area contributed by atoms with Gasteiger partial charge in [-0.3, -0.25) is 9.59 Å². The molecule has 0 heterocycles. The van der Waals surface area contributed by atoms with Crippen LogP contribution in [-0.4, -0.2) is 38.0 Å². The van der Waals surface area contributed by atoms with Gasteiger partial charge in [0.1, 0.15) is 0 Å². The average molecular weight is 299 g/mol. The maximum atomic E-state index is 10.7. The SMILES string of the molecule is CC(=O)NCCCCCCNCCCCCCNC(C)=O. The molecular formula is C16H33N3O2. The van der Waals surface area contributed by atoms with E-state index in [-0.39, 0.29) is 11.8 Å². The van der Waals surface area contributed by atoms with Gasteiger partial charge in [0.15, 0.2) is 0 Å². The van der Waals surface area contributed by atoms with Crippen molar-refractivity contribution in [1.29, 1.82) is 0 Å². The van der Waals surface area contributed by atoms with Gasteiger partial charge in [-0.25, -0.2) is 0 Å². The summed E-state index contributed by atoms with van der Waals surface area (Å²) in [6.45, 7) is 6.91. The molecule has 0 fully saturated rings. The molecule has 0 aliphatic heterocycles. The van der Waals surface area contributed by atoms with E-state index in [0.29, 0.717) is 0 Å². The van der Waals surface area contributed by atoms with Gasteiger partial charge in [0.2, 0.25) is 11.8 Å². The van der Waals surface area contributed by atoms with Crippen LogP contribution in [0.15, 0.2) is 0 Å². The molecule has 0 atom stereocenters. The molecule has 0 saturated heterocycles. The molecule has 0 aromatic rings. The average Bonchev–Trinajstić information content (AvgIpc) is 2.42.